The maximum Gasteiger partial charge on any atom is 0.231 e. The molecule has 0 N–H and O–H groups in total. The Hall–Kier alpha value is -3.10. The van der Waals surface area contributed by atoms with Gasteiger partial charge >= 0.3 is 0 Å². The Morgan fingerprint density at radius 3 is 2.61 bits per heavy atom. The van der Waals surface area contributed by atoms with E-state index >= 15 is 0 Å². The molecule has 1 aliphatic rings. The molecule has 2 aromatic heterocycles. The lowest BCUT2D eigenvalue weighted by atomic mass is 9.97. The summed E-state index contributed by atoms with van der Waals surface area (Å²) < 4.78 is 22.0. The van der Waals surface area contributed by atoms with Crippen molar-refractivity contribution in [1.82, 2.24) is 20.3 Å². The van der Waals surface area contributed by atoms with Crippen LogP contribution in [0.4, 0.5) is 5.82 Å². The van der Waals surface area contributed by atoms with Crippen molar-refractivity contribution in [2.24, 2.45) is 0 Å². The fraction of sp³-hybridized carbons (Fsp3) is 0.474. The molecule has 0 bridgehead atoms. The summed E-state index contributed by atoms with van der Waals surface area (Å²) in [5.41, 5.74) is 0. The molecule has 0 spiro atoms. The number of piperidine rings is 1. The Kier molecular flexibility index (Phi) is 4.89. The molecular formula is C19H23N5O4. The van der Waals surface area contributed by atoms with E-state index in [0.29, 0.717) is 29.0 Å². The van der Waals surface area contributed by atoms with Crippen molar-refractivity contribution in [3.8, 4) is 17.2 Å². The number of anilines is 1. The molecule has 4 rings (SSSR count). The normalized spacial score (nSPS) is 17.0. The molecule has 0 amide bonds. The summed E-state index contributed by atoms with van der Waals surface area (Å²) in [7, 11) is 4.79. The third-order valence-electron chi connectivity index (χ3n) is 5.06. The molecular weight excluding hydrogens is 362 g/mol. The van der Waals surface area contributed by atoms with Crippen molar-refractivity contribution in [3.63, 3.8) is 0 Å². The van der Waals surface area contributed by atoms with Gasteiger partial charge in [0, 0.05) is 18.5 Å². The van der Waals surface area contributed by atoms with Crippen molar-refractivity contribution >= 4 is 16.6 Å². The predicted molar refractivity (Wildman–Crippen MR) is 102 cm³/mol. The Morgan fingerprint density at radius 1 is 1.11 bits per heavy atom. The first-order valence-electron chi connectivity index (χ1n) is 9.15. The third-order valence-corrected chi connectivity index (χ3v) is 5.06. The van der Waals surface area contributed by atoms with Crippen LogP contribution in [0, 0.1) is 6.92 Å². The summed E-state index contributed by atoms with van der Waals surface area (Å²) >= 11 is 0. The molecule has 1 unspecified atom stereocenters. The molecule has 1 fully saturated rings. The summed E-state index contributed by atoms with van der Waals surface area (Å²) in [6, 6.07) is 1.92. The molecule has 3 aromatic rings. The van der Waals surface area contributed by atoms with Crippen LogP contribution in [-0.4, -0.2) is 54.8 Å². The molecule has 1 saturated heterocycles. The van der Waals surface area contributed by atoms with Crippen LogP contribution in [0.3, 0.4) is 0 Å². The van der Waals surface area contributed by atoms with Gasteiger partial charge in [-0.05, 0) is 25.8 Å². The maximum absolute atomic E-state index is 5.60. The largest absolute Gasteiger partial charge is 0.493 e. The highest BCUT2D eigenvalue weighted by molar-refractivity contribution is 5.99. The number of fused-ring (bicyclic) bond motifs is 1. The molecule has 9 heteroatoms. The second kappa shape index (κ2) is 7.49. The van der Waals surface area contributed by atoms with Crippen LogP contribution in [0.2, 0.25) is 0 Å². The van der Waals surface area contributed by atoms with Crippen molar-refractivity contribution in [3.05, 3.63) is 24.0 Å². The lowest BCUT2D eigenvalue weighted by Crippen LogP contribution is -2.35. The van der Waals surface area contributed by atoms with Gasteiger partial charge < -0.3 is 23.6 Å². The highest BCUT2D eigenvalue weighted by atomic mass is 16.5. The van der Waals surface area contributed by atoms with Gasteiger partial charge in [-0.3, -0.25) is 0 Å². The first-order chi connectivity index (χ1) is 13.7. The summed E-state index contributed by atoms with van der Waals surface area (Å²) in [6.45, 7) is 3.43. The number of aromatic nitrogens is 4. The monoisotopic (exact) mass is 385 g/mol. The van der Waals surface area contributed by atoms with Gasteiger partial charge in [-0.1, -0.05) is 5.16 Å². The zero-order valence-electron chi connectivity index (χ0n) is 16.4. The lowest BCUT2D eigenvalue weighted by molar-refractivity contribution is 0.327. The van der Waals surface area contributed by atoms with Crippen molar-refractivity contribution < 1.29 is 18.7 Å². The number of ether oxygens (including phenoxy) is 3. The van der Waals surface area contributed by atoms with Gasteiger partial charge in [0.15, 0.2) is 23.1 Å². The minimum atomic E-state index is 0.161. The van der Waals surface area contributed by atoms with Crippen molar-refractivity contribution in [2.45, 2.75) is 25.7 Å². The average molecular weight is 385 g/mol. The van der Waals surface area contributed by atoms with E-state index in [0.717, 1.165) is 42.5 Å². The van der Waals surface area contributed by atoms with Gasteiger partial charge in [0.25, 0.3) is 0 Å². The Morgan fingerprint density at radius 2 is 1.93 bits per heavy atom. The molecule has 0 aliphatic carbocycles. The molecule has 1 aromatic carbocycles. The summed E-state index contributed by atoms with van der Waals surface area (Å²) in [5.74, 6) is 3.96. The number of aryl methyl sites for hydroxylation is 1. The maximum atomic E-state index is 5.60. The van der Waals surface area contributed by atoms with Crippen LogP contribution in [-0.2, 0) is 0 Å². The van der Waals surface area contributed by atoms with Crippen LogP contribution in [0.1, 0.15) is 30.5 Å². The fourth-order valence-corrected chi connectivity index (χ4v) is 3.77. The Labute approximate surface area is 162 Å². The standard InChI is InChI=1S/C19H23N5O4/c1-11-21-19(28-23-11)12-6-5-7-24(10-12)18-13-8-15(25-2)17(27-4)16(26-3)14(13)9-20-22-18/h8-9,12H,5-7,10H2,1-4H3. The Balaban J connectivity index is 1.78. The number of rotatable bonds is 5. The van der Waals surface area contributed by atoms with E-state index in [9.17, 15) is 0 Å². The van der Waals surface area contributed by atoms with Gasteiger partial charge in [-0.15, -0.1) is 5.10 Å². The van der Waals surface area contributed by atoms with E-state index in [1.165, 1.54) is 0 Å². The number of benzene rings is 1. The van der Waals surface area contributed by atoms with Crippen LogP contribution >= 0.6 is 0 Å². The molecule has 1 atom stereocenters. The van der Waals surface area contributed by atoms with Gasteiger partial charge in [0.1, 0.15) is 0 Å². The molecule has 0 saturated carbocycles. The number of nitrogens with zero attached hydrogens (tertiary/aromatic N) is 5. The first kappa shape index (κ1) is 18.3. The first-order valence-corrected chi connectivity index (χ1v) is 9.15. The topological polar surface area (TPSA) is 95.6 Å². The van der Waals surface area contributed by atoms with E-state index in [2.05, 4.69) is 25.2 Å². The lowest BCUT2D eigenvalue weighted by Gasteiger charge is -2.32. The SMILES string of the molecule is COc1cc2c(N3CCCC(c4nc(C)no4)C3)nncc2c(OC)c1OC. The van der Waals surface area contributed by atoms with Crippen molar-refractivity contribution in [2.75, 3.05) is 39.3 Å². The highest BCUT2D eigenvalue weighted by Crippen LogP contribution is 2.45. The van der Waals surface area contributed by atoms with Crippen LogP contribution in [0.25, 0.3) is 10.8 Å². The van der Waals surface area contributed by atoms with E-state index in [1.807, 2.05) is 13.0 Å². The summed E-state index contributed by atoms with van der Waals surface area (Å²) in [5, 5.41) is 14.3. The third kappa shape index (κ3) is 3.06. The number of hydrogen-bond donors (Lipinski definition) is 0. The smallest absolute Gasteiger partial charge is 0.231 e. The molecule has 148 valence electrons. The zero-order chi connectivity index (χ0) is 19.7. The van der Waals surface area contributed by atoms with Crippen LogP contribution < -0.4 is 19.1 Å². The second-order valence-electron chi connectivity index (χ2n) is 6.74. The van der Waals surface area contributed by atoms with Crippen LogP contribution in [0.15, 0.2) is 16.8 Å². The molecule has 3 heterocycles. The molecule has 28 heavy (non-hydrogen) atoms. The number of hydrogen-bond acceptors (Lipinski definition) is 9. The molecule has 0 radical (unpaired) electrons. The number of methoxy groups -OCH3 is 3. The second-order valence-corrected chi connectivity index (χ2v) is 6.74. The van der Waals surface area contributed by atoms with E-state index in [1.54, 1.807) is 27.5 Å². The van der Waals surface area contributed by atoms with Crippen molar-refractivity contribution in [1.29, 1.82) is 0 Å². The highest BCUT2D eigenvalue weighted by Gasteiger charge is 2.28. The van der Waals surface area contributed by atoms with E-state index in [4.69, 9.17) is 18.7 Å². The van der Waals surface area contributed by atoms with Crippen LogP contribution in [0.5, 0.6) is 17.2 Å². The fourth-order valence-electron chi connectivity index (χ4n) is 3.77. The summed E-state index contributed by atoms with van der Waals surface area (Å²) in [6.07, 6.45) is 3.67. The average Bonchev–Trinajstić information content (AvgIpc) is 3.18. The molecule has 9 nitrogen and oxygen atoms in total. The van der Waals surface area contributed by atoms with Gasteiger partial charge in [0.2, 0.25) is 11.6 Å². The quantitative estimate of drug-likeness (QED) is 0.657. The molecule has 1 aliphatic heterocycles. The minimum Gasteiger partial charge on any atom is -0.493 e. The van der Waals surface area contributed by atoms with E-state index in [-0.39, 0.29) is 5.92 Å². The minimum absolute atomic E-state index is 0.161. The van der Waals surface area contributed by atoms with Gasteiger partial charge in [-0.25, -0.2) is 0 Å². The van der Waals surface area contributed by atoms with E-state index < -0.39 is 0 Å². The summed E-state index contributed by atoms with van der Waals surface area (Å²) in [4.78, 5) is 6.61. The predicted octanol–water partition coefficient (Wildman–Crippen LogP) is 2.73. The zero-order valence-corrected chi connectivity index (χ0v) is 16.4. The Bertz CT molecular complexity index is 990. The van der Waals surface area contributed by atoms with Gasteiger partial charge in [0.05, 0.1) is 38.8 Å². The van der Waals surface area contributed by atoms with Gasteiger partial charge in [-0.2, -0.15) is 10.1 Å².